The van der Waals surface area contributed by atoms with Crippen LogP contribution in [0.15, 0.2) is 0 Å². The van der Waals surface area contributed by atoms with E-state index in [-0.39, 0.29) is 11.4 Å². The van der Waals surface area contributed by atoms with Crippen molar-refractivity contribution in [2.24, 2.45) is 11.7 Å². The van der Waals surface area contributed by atoms with Gasteiger partial charge in [0.15, 0.2) is 0 Å². The molecule has 3 rings (SSSR count). The first-order valence-corrected chi connectivity index (χ1v) is 6.75. The van der Waals surface area contributed by atoms with Crippen molar-refractivity contribution in [3.8, 4) is 0 Å². The standard InChI is InChI=1S/C13H25N3O/c1-13(2,14)6-3-12(17)15-11-9-16-7-4-10(11)5-8-16/h10-11H,3-9,14H2,1-2H3,(H,15,17). The fourth-order valence-electron chi connectivity index (χ4n) is 2.84. The molecule has 1 amide bonds. The molecule has 17 heavy (non-hydrogen) atoms. The second-order valence-corrected chi connectivity index (χ2v) is 6.30. The zero-order valence-corrected chi connectivity index (χ0v) is 11.0. The smallest absolute Gasteiger partial charge is 0.220 e. The van der Waals surface area contributed by atoms with Gasteiger partial charge in [0.1, 0.15) is 0 Å². The van der Waals surface area contributed by atoms with Gasteiger partial charge in [0.25, 0.3) is 0 Å². The molecule has 4 heteroatoms. The summed E-state index contributed by atoms with van der Waals surface area (Å²) >= 11 is 0. The van der Waals surface area contributed by atoms with Crippen molar-refractivity contribution >= 4 is 5.91 Å². The molecule has 0 aromatic carbocycles. The minimum atomic E-state index is -0.244. The number of hydrogen-bond acceptors (Lipinski definition) is 3. The molecule has 3 saturated heterocycles. The fourth-order valence-corrected chi connectivity index (χ4v) is 2.84. The molecule has 3 aliphatic rings. The number of carbonyl (C=O) groups is 1. The Hall–Kier alpha value is -0.610. The lowest BCUT2D eigenvalue weighted by Gasteiger charge is -2.45. The van der Waals surface area contributed by atoms with E-state index in [0.29, 0.717) is 18.4 Å². The molecular formula is C13H25N3O. The lowest BCUT2D eigenvalue weighted by Crippen LogP contribution is -2.57. The first-order valence-electron chi connectivity index (χ1n) is 6.75. The van der Waals surface area contributed by atoms with Crippen molar-refractivity contribution in [1.29, 1.82) is 0 Å². The number of rotatable bonds is 4. The summed E-state index contributed by atoms with van der Waals surface area (Å²) < 4.78 is 0. The zero-order chi connectivity index (χ0) is 12.5. The van der Waals surface area contributed by atoms with Crippen LogP contribution in [0.3, 0.4) is 0 Å². The van der Waals surface area contributed by atoms with Gasteiger partial charge in [-0.05, 0) is 52.1 Å². The molecule has 2 bridgehead atoms. The molecule has 0 aliphatic carbocycles. The average Bonchev–Trinajstić information content (AvgIpc) is 2.27. The molecule has 1 atom stereocenters. The van der Waals surface area contributed by atoms with Gasteiger partial charge in [-0.3, -0.25) is 4.79 Å². The summed E-state index contributed by atoms with van der Waals surface area (Å²) in [6, 6.07) is 0.380. The summed E-state index contributed by atoms with van der Waals surface area (Å²) in [7, 11) is 0. The van der Waals surface area contributed by atoms with E-state index in [4.69, 9.17) is 5.73 Å². The van der Waals surface area contributed by atoms with E-state index in [9.17, 15) is 4.79 Å². The molecule has 0 spiro atoms. The van der Waals surface area contributed by atoms with E-state index in [1.807, 2.05) is 13.8 Å². The van der Waals surface area contributed by atoms with Gasteiger partial charge in [0, 0.05) is 24.5 Å². The molecule has 0 saturated carbocycles. The number of nitrogens with zero attached hydrogens (tertiary/aromatic N) is 1. The summed E-state index contributed by atoms with van der Waals surface area (Å²) in [4.78, 5) is 14.3. The first-order chi connectivity index (χ1) is 7.94. The Morgan fingerprint density at radius 1 is 1.41 bits per heavy atom. The van der Waals surface area contributed by atoms with Crippen molar-refractivity contribution in [3.05, 3.63) is 0 Å². The molecule has 98 valence electrons. The third-order valence-corrected chi connectivity index (χ3v) is 4.00. The minimum absolute atomic E-state index is 0.169. The number of nitrogens with one attached hydrogen (secondary N) is 1. The summed E-state index contributed by atoms with van der Waals surface area (Å²) in [6.07, 6.45) is 3.79. The van der Waals surface area contributed by atoms with E-state index in [1.165, 1.54) is 25.9 Å². The van der Waals surface area contributed by atoms with E-state index < -0.39 is 0 Å². The Bertz CT molecular complexity index is 277. The Morgan fingerprint density at radius 3 is 2.53 bits per heavy atom. The van der Waals surface area contributed by atoms with Crippen molar-refractivity contribution < 1.29 is 4.79 Å². The van der Waals surface area contributed by atoms with Crippen LogP contribution in [0.25, 0.3) is 0 Å². The lowest BCUT2D eigenvalue weighted by molar-refractivity contribution is -0.123. The molecule has 3 aliphatic heterocycles. The topological polar surface area (TPSA) is 58.4 Å². The van der Waals surface area contributed by atoms with Crippen LogP contribution in [0.1, 0.15) is 39.5 Å². The van der Waals surface area contributed by atoms with Crippen molar-refractivity contribution in [3.63, 3.8) is 0 Å². The number of nitrogens with two attached hydrogens (primary N) is 1. The van der Waals surface area contributed by atoms with Gasteiger partial charge < -0.3 is 16.0 Å². The van der Waals surface area contributed by atoms with Crippen LogP contribution in [0, 0.1) is 5.92 Å². The predicted molar refractivity (Wildman–Crippen MR) is 68.6 cm³/mol. The molecule has 3 N–H and O–H groups in total. The van der Waals surface area contributed by atoms with Crippen LogP contribution in [0.5, 0.6) is 0 Å². The zero-order valence-electron chi connectivity index (χ0n) is 11.0. The summed E-state index contributed by atoms with van der Waals surface area (Å²) in [5.41, 5.74) is 5.65. The molecule has 0 radical (unpaired) electrons. The Labute approximate surface area is 104 Å². The quantitative estimate of drug-likeness (QED) is 0.760. The molecule has 1 unspecified atom stereocenters. The summed E-state index contributed by atoms with van der Waals surface area (Å²) in [5.74, 6) is 0.872. The monoisotopic (exact) mass is 239 g/mol. The highest BCUT2D eigenvalue weighted by atomic mass is 16.1. The number of fused-ring (bicyclic) bond motifs is 3. The maximum Gasteiger partial charge on any atom is 0.220 e. The fraction of sp³-hybridized carbons (Fsp3) is 0.923. The normalized spacial score (nSPS) is 32.5. The van der Waals surface area contributed by atoms with Gasteiger partial charge >= 0.3 is 0 Å². The highest BCUT2D eigenvalue weighted by Gasteiger charge is 2.34. The van der Waals surface area contributed by atoms with E-state index in [1.54, 1.807) is 0 Å². The molecule has 4 nitrogen and oxygen atoms in total. The van der Waals surface area contributed by atoms with E-state index >= 15 is 0 Å². The Morgan fingerprint density at radius 2 is 2.06 bits per heavy atom. The maximum absolute atomic E-state index is 11.8. The van der Waals surface area contributed by atoms with Crippen molar-refractivity contribution in [1.82, 2.24) is 10.2 Å². The first kappa shape index (κ1) is 12.8. The van der Waals surface area contributed by atoms with E-state index in [0.717, 1.165) is 13.0 Å². The molecular weight excluding hydrogens is 214 g/mol. The van der Waals surface area contributed by atoms with Crippen LogP contribution in [0.2, 0.25) is 0 Å². The van der Waals surface area contributed by atoms with Gasteiger partial charge in [-0.25, -0.2) is 0 Å². The average molecular weight is 239 g/mol. The predicted octanol–water partition coefficient (Wildman–Crippen LogP) is 0.714. The number of hydrogen-bond donors (Lipinski definition) is 2. The minimum Gasteiger partial charge on any atom is -0.352 e. The third kappa shape index (κ3) is 3.68. The van der Waals surface area contributed by atoms with Crippen molar-refractivity contribution in [2.75, 3.05) is 19.6 Å². The van der Waals surface area contributed by atoms with E-state index in [2.05, 4.69) is 10.2 Å². The van der Waals surface area contributed by atoms with Crippen LogP contribution in [0.4, 0.5) is 0 Å². The molecule has 3 fully saturated rings. The number of amides is 1. The largest absolute Gasteiger partial charge is 0.352 e. The maximum atomic E-state index is 11.8. The molecule has 3 heterocycles. The summed E-state index contributed by atoms with van der Waals surface area (Å²) in [6.45, 7) is 7.41. The number of carbonyl (C=O) groups excluding carboxylic acids is 1. The van der Waals surface area contributed by atoms with Crippen LogP contribution >= 0.6 is 0 Å². The molecule has 0 aromatic heterocycles. The van der Waals surface area contributed by atoms with Crippen LogP contribution in [-0.4, -0.2) is 42.0 Å². The van der Waals surface area contributed by atoms with Crippen LogP contribution < -0.4 is 11.1 Å². The van der Waals surface area contributed by atoms with Crippen molar-refractivity contribution in [2.45, 2.75) is 51.1 Å². The molecule has 0 aromatic rings. The number of piperidine rings is 3. The Balaban J connectivity index is 1.75. The lowest BCUT2D eigenvalue weighted by atomic mass is 9.84. The third-order valence-electron chi connectivity index (χ3n) is 4.00. The SMILES string of the molecule is CC(C)(N)CCC(=O)NC1CN2CCC1CC2. The van der Waals surface area contributed by atoms with Gasteiger partial charge in [0.2, 0.25) is 5.91 Å². The van der Waals surface area contributed by atoms with Gasteiger partial charge in [-0.15, -0.1) is 0 Å². The second kappa shape index (κ2) is 4.94. The van der Waals surface area contributed by atoms with Gasteiger partial charge in [-0.1, -0.05) is 0 Å². The second-order valence-electron chi connectivity index (χ2n) is 6.30. The highest BCUT2D eigenvalue weighted by molar-refractivity contribution is 5.76. The van der Waals surface area contributed by atoms with Crippen LogP contribution in [-0.2, 0) is 4.79 Å². The Kier molecular flexibility index (Phi) is 3.73. The highest BCUT2D eigenvalue weighted by Crippen LogP contribution is 2.27. The van der Waals surface area contributed by atoms with Gasteiger partial charge in [0.05, 0.1) is 0 Å². The summed E-state index contributed by atoms with van der Waals surface area (Å²) in [5, 5.41) is 3.19. The van der Waals surface area contributed by atoms with Gasteiger partial charge in [-0.2, -0.15) is 0 Å².